The molecule has 1 heterocycles. The van der Waals surface area contributed by atoms with Gasteiger partial charge in [-0.1, -0.05) is 45.1 Å². The number of fused-ring (bicyclic) bond motifs is 5. The van der Waals surface area contributed by atoms with Crippen LogP contribution in [0.5, 0.6) is 0 Å². The molecule has 5 aliphatic rings. The first-order chi connectivity index (χ1) is 15.0. The van der Waals surface area contributed by atoms with E-state index >= 15 is 0 Å². The molecule has 0 bridgehead atoms. The van der Waals surface area contributed by atoms with Gasteiger partial charge in [0, 0.05) is 11.8 Å². The topological polar surface area (TPSA) is 101 Å². The number of cyclic esters (lactones) is 1. The van der Waals surface area contributed by atoms with Crippen molar-refractivity contribution in [2.45, 2.75) is 76.6 Å². The first kappa shape index (κ1) is 21.8. The second-order valence-corrected chi connectivity index (χ2v) is 10.9. The van der Waals surface area contributed by atoms with Crippen LogP contribution >= 0.6 is 0 Å². The minimum Gasteiger partial charge on any atom is -0.447 e. The Morgan fingerprint density at radius 1 is 1.16 bits per heavy atom. The number of allylic oxidation sites excluding steroid dienone is 5. The minimum atomic E-state index is -1.79. The van der Waals surface area contributed by atoms with Crippen molar-refractivity contribution in [1.29, 1.82) is 0 Å². The van der Waals surface area contributed by atoms with Gasteiger partial charge in [0.25, 0.3) is 0 Å². The number of esters is 1. The molecule has 0 amide bonds. The van der Waals surface area contributed by atoms with Crippen LogP contribution in [0.1, 0.15) is 59.3 Å². The van der Waals surface area contributed by atoms with Crippen LogP contribution in [0.15, 0.2) is 36.0 Å². The van der Waals surface area contributed by atoms with E-state index < -0.39 is 34.5 Å². The summed E-state index contributed by atoms with van der Waals surface area (Å²) in [7, 11) is 0. The lowest BCUT2D eigenvalue weighted by atomic mass is 9.46. The maximum Gasteiger partial charge on any atom is 0.310 e. The lowest BCUT2D eigenvalue weighted by molar-refractivity contribution is -0.234. The van der Waals surface area contributed by atoms with Gasteiger partial charge in [0.1, 0.15) is 11.7 Å². The fourth-order valence-corrected chi connectivity index (χ4v) is 7.68. The lowest BCUT2D eigenvalue weighted by Gasteiger charge is -2.60. The highest BCUT2D eigenvalue weighted by atomic mass is 16.6. The molecule has 6 heteroatoms. The Morgan fingerprint density at radius 3 is 2.62 bits per heavy atom. The van der Waals surface area contributed by atoms with Gasteiger partial charge >= 0.3 is 5.97 Å². The SMILES string of the molecule is CC[C@]1([C@]2(O)C=C[C@H]3[C@@H]4C=CC5=CC(=O)CC[C@]5(C)[C@H]4CC[C@@]32C)OC(=O)CC(O)C1=O. The van der Waals surface area contributed by atoms with Crippen molar-refractivity contribution >= 4 is 17.5 Å². The maximum atomic E-state index is 13.2. The molecule has 0 radical (unpaired) electrons. The largest absolute Gasteiger partial charge is 0.447 e. The second kappa shape index (κ2) is 6.73. The number of aliphatic hydroxyl groups is 2. The Bertz CT molecular complexity index is 992. The number of hydrogen-bond donors (Lipinski definition) is 2. The quantitative estimate of drug-likeness (QED) is 0.506. The summed E-state index contributed by atoms with van der Waals surface area (Å²) >= 11 is 0. The van der Waals surface area contributed by atoms with Gasteiger partial charge in [0.05, 0.1) is 6.42 Å². The molecule has 0 aromatic rings. The first-order valence-electron chi connectivity index (χ1n) is 11.8. The Morgan fingerprint density at radius 2 is 1.91 bits per heavy atom. The molecule has 172 valence electrons. The summed E-state index contributed by atoms with van der Waals surface area (Å²) in [6, 6.07) is 0. The highest BCUT2D eigenvalue weighted by Gasteiger charge is 2.72. The van der Waals surface area contributed by atoms with Crippen LogP contribution < -0.4 is 0 Å². The van der Waals surface area contributed by atoms with Gasteiger partial charge in [0.2, 0.25) is 11.4 Å². The third kappa shape index (κ3) is 2.45. The third-order valence-corrected chi connectivity index (χ3v) is 9.65. The Balaban J connectivity index is 1.57. The molecule has 4 aliphatic carbocycles. The zero-order chi connectivity index (χ0) is 23.1. The number of Topliss-reactive ketones (excluding diaryl/α,β-unsaturated/α-hetero) is 1. The molecule has 5 rings (SSSR count). The molecule has 0 spiro atoms. The number of aliphatic hydroxyl groups excluding tert-OH is 1. The predicted molar refractivity (Wildman–Crippen MR) is 116 cm³/mol. The van der Waals surface area contributed by atoms with Crippen LogP contribution in [-0.2, 0) is 19.1 Å². The van der Waals surface area contributed by atoms with Crippen molar-refractivity contribution in [1.82, 2.24) is 0 Å². The van der Waals surface area contributed by atoms with E-state index in [0.717, 1.165) is 18.4 Å². The van der Waals surface area contributed by atoms with Crippen molar-refractivity contribution in [2.75, 3.05) is 0 Å². The molecule has 1 aliphatic heterocycles. The van der Waals surface area contributed by atoms with E-state index in [-0.39, 0.29) is 35.9 Å². The van der Waals surface area contributed by atoms with Gasteiger partial charge in [-0.25, -0.2) is 0 Å². The minimum absolute atomic E-state index is 0.0486. The van der Waals surface area contributed by atoms with Gasteiger partial charge in [-0.05, 0) is 60.5 Å². The zero-order valence-corrected chi connectivity index (χ0v) is 19.0. The molecule has 0 aromatic carbocycles. The van der Waals surface area contributed by atoms with E-state index in [1.807, 2.05) is 13.0 Å². The highest BCUT2D eigenvalue weighted by molar-refractivity contribution is 6.00. The molecule has 8 atom stereocenters. The Labute approximate surface area is 188 Å². The van der Waals surface area contributed by atoms with Crippen molar-refractivity contribution in [3.63, 3.8) is 0 Å². The van der Waals surface area contributed by atoms with Crippen molar-refractivity contribution < 1.29 is 29.3 Å². The molecule has 1 unspecified atom stereocenters. The first-order valence-corrected chi connectivity index (χ1v) is 11.8. The molecule has 2 fully saturated rings. The average Bonchev–Trinajstić information content (AvgIpc) is 3.03. The predicted octanol–water partition coefficient (Wildman–Crippen LogP) is 2.83. The van der Waals surface area contributed by atoms with E-state index in [4.69, 9.17) is 4.74 Å². The Hall–Kier alpha value is -2.05. The third-order valence-electron chi connectivity index (χ3n) is 9.65. The molecule has 2 N–H and O–H groups in total. The van der Waals surface area contributed by atoms with E-state index in [9.17, 15) is 24.6 Å². The maximum absolute atomic E-state index is 13.2. The fraction of sp³-hybridized carbons (Fsp3) is 0.654. The van der Waals surface area contributed by atoms with E-state index in [0.29, 0.717) is 18.8 Å². The molecular weight excluding hydrogens is 408 g/mol. The van der Waals surface area contributed by atoms with Gasteiger partial charge in [-0.2, -0.15) is 0 Å². The normalized spacial score (nSPS) is 49.8. The molecule has 32 heavy (non-hydrogen) atoms. The molecule has 1 saturated carbocycles. The number of carbonyl (C=O) groups excluding carboxylic acids is 3. The summed E-state index contributed by atoms with van der Waals surface area (Å²) in [5.41, 5.74) is -3.22. The van der Waals surface area contributed by atoms with Crippen LogP contribution in [0.2, 0.25) is 0 Å². The number of ketones is 2. The fourth-order valence-electron chi connectivity index (χ4n) is 7.68. The molecule has 1 saturated heterocycles. The summed E-state index contributed by atoms with van der Waals surface area (Å²) in [4.78, 5) is 37.5. The van der Waals surface area contributed by atoms with E-state index in [1.54, 1.807) is 19.1 Å². The van der Waals surface area contributed by atoms with Gasteiger partial charge in [-0.3, -0.25) is 14.4 Å². The monoisotopic (exact) mass is 440 g/mol. The van der Waals surface area contributed by atoms with Crippen molar-refractivity contribution in [2.24, 2.45) is 28.6 Å². The standard InChI is InChI=1S/C26H32O6/c1-4-25(22(30)20(28)14-21(29)32-25)26(31)12-9-19-17-6-5-15-13-16(27)7-10-23(15,2)18(17)8-11-24(19,26)3/h5-6,9,12-13,17-20,28,31H,4,7-8,10-11,14H2,1-3H3/t17-,18+,19+,20?,23+,24+,25+,26+/m1/s1. The van der Waals surface area contributed by atoms with Gasteiger partial charge < -0.3 is 14.9 Å². The van der Waals surface area contributed by atoms with Crippen LogP contribution in [0.3, 0.4) is 0 Å². The van der Waals surface area contributed by atoms with Crippen molar-refractivity contribution in [3.05, 3.63) is 36.0 Å². The van der Waals surface area contributed by atoms with Gasteiger partial charge in [0.15, 0.2) is 5.78 Å². The van der Waals surface area contributed by atoms with E-state index in [1.165, 1.54) is 0 Å². The number of carbonyl (C=O) groups is 3. The molecular formula is C26H32O6. The van der Waals surface area contributed by atoms with Crippen LogP contribution in [0.25, 0.3) is 0 Å². The summed E-state index contributed by atoms with van der Waals surface area (Å²) in [5.74, 6) is -0.677. The summed E-state index contributed by atoms with van der Waals surface area (Å²) in [5, 5.41) is 22.5. The number of hydrogen-bond acceptors (Lipinski definition) is 6. The average molecular weight is 441 g/mol. The summed E-state index contributed by atoms with van der Waals surface area (Å²) < 4.78 is 5.65. The number of ether oxygens (including phenoxy) is 1. The molecule has 6 nitrogen and oxygen atoms in total. The lowest BCUT2D eigenvalue weighted by Crippen LogP contribution is -2.71. The van der Waals surface area contributed by atoms with Crippen LogP contribution in [-0.4, -0.2) is 45.1 Å². The second-order valence-electron chi connectivity index (χ2n) is 10.9. The summed E-state index contributed by atoms with van der Waals surface area (Å²) in [6.07, 6.45) is 10.8. The van der Waals surface area contributed by atoms with Crippen molar-refractivity contribution in [3.8, 4) is 0 Å². The Kier molecular flexibility index (Phi) is 4.58. The summed E-state index contributed by atoms with van der Waals surface area (Å²) in [6.45, 7) is 5.95. The zero-order valence-electron chi connectivity index (χ0n) is 19.0. The smallest absolute Gasteiger partial charge is 0.310 e. The molecule has 0 aromatic heterocycles. The van der Waals surface area contributed by atoms with Crippen LogP contribution in [0.4, 0.5) is 0 Å². The highest BCUT2D eigenvalue weighted by Crippen LogP contribution is 2.66. The van der Waals surface area contributed by atoms with Gasteiger partial charge in [-0.15, -0.1) is 0 Å². The van der Waals surface area contributed by atoms with E-state index in [2.05, 4.69) is 19.1 Å². The van der Waals surface area contributed by atoms with Crippen LogP contribution in [0, 0.1) is 28.6 Å². The number of rotatable bonds is 2.